The summed E-state index contributed by atoms with van der Waals surface area (Å²) in [5.74, 6) is -1.21. The lowest BCUT2D eigenvalue weighted by Crippen LogP contribution is -2.43. The van der Waals surface area contributed by atoms with Gasteiger partial charge in [0.15, 0.2) is 6.10 Å². The molecule has 0 spiro atoms. The molecule has 0 aromatic carbocycles. The Labute approximate surface area is 190 Å². The van der Waals surface area contributed by atoms with Crippen LogP contribution in [0.25, 0.3) is 0 Å². The third kappa shape index (κ3) is 23.1. The molecule has 0 amide bonds. The van der Waals surface area contributed by atoms with Crippen molar-refractivity contribution in [2.24, 2.45) is 0 Å². The van der Waals surface area contributed by atoms with Crippen LogP contribution in [-0.4, -0.2) is 61.6 Å². The molecule has 6 nitrogen and oxygen atoms in total. The predicted molar refractivity (Wildman–Crippen MR) is 125 cm³/mol. The molecular weight excluding hydrogens is 394 g/mol. The molecule has 0 radical (unpaired) electrons. The standard InChI is InChI=1S/C25H47NO5/c1-26(2,3)22-23(21-24(28)29)31-25(30)19-17-15-13-11-9-7-5-4-6-8-10-12-14-16-18-20-27/h20,23H,4-19,21-22H2,1-3H3/p+1. The van der Waals surface area contributed by atoms with Crippen LogP contribution in [0.15, 0.2) is 0 Å². The molecule has 0 saturated carbocycles. The monoisotopic (exact) mass is 442 g/mol. The third-order valence-electron chi connectivity index (χ3n) is 5.40. The molecule has 0 aliphatic rings. The number of nitrogens with zero attached hydrogens (tertiary/aromatic N) is 1. The molecule has 0 aromatic heterocycles. The largest absolute Gasteiger partial charge is 0.481 e. The number of aldehydes is 1. The molecule has 0 saturated heterocycles. The normalized spacial score (nSPS) is 12.5. The van der Waals surface area contributed by atoms with Crippen LogP contribution in [0.1, 0.15) is 109 Å². The summed E-state index contributed by atoms with van der Waals surface area (Å²) in [4.78, 5) is 33.3. The Kier molecular flexibility index (Phi) is 18.4. The summed E-state index contributed by atoms with van der Waals surface area (Å²) in [5.41, 5.74) is 0. The molecule has 1 unspecified atom stereocenters. The second-order valence-electron chi connectivity index (χ2n) is 9.84. The van der Waals surface area contributed by atoms with Crippen molar-refractivity contribution in [3.05, 3.63) is 0 Å². The van der Waals surface area contributed by atoms with Crippen LogP contribution >= 0.6 is 0 Å². The lowest BCUT2D eigenvalue weighted by Gasteiger charge is -2.28. The molecule has 6 heteroatoms. The number of likely N-dealkylation sites (N-methyl/N-ethyl adjacent to an activating group) is 1. The maximum atomic E-state index is 12.0. The second kappa shape index (κ2) is 19.3. The number of carbonyl (C=O) groups excluding carboxylic acids is 2. The van der Waals surface area contributed by atoms with Gasteiger partial charge < -0.3 is 19.1 Å². The van der Waals surface area contributed by atoms with E-state index in [2.05, 4.69) is 0 Å². The number of aliphatic carboxylic acids is 1. The average Bonchev–Trinajstić information content (AvgIpc) is 2.65. The third-order valence-corrected chi connectivity index (χ3v) is 5.40. The highest BCUT2D eigenvalue weighted by molar-refractivity contribution is 5.71. The number of carboxylic acids is 1. The summed E-state index contributed by atoms with van der Waals surface area (Å²) in [5, 5.41) is 9.01. The Bertz CT molecular complexity index is 473. The van der Waals surface area contributed by atoms with Gasteiger partial charge in [-0.1, -0.05) is 77.0 Å². The quantitative estimate of drug-likeness (QED) is 0.103. The van der Waals surface area contributed by atoms with Gasteiger partial charge in [0.2, 0.25) is 0 Å². The number of ether oxygens (including phenoxy) is 1. The molecular formula is C25H48NO5+. The zero-order valence-electron chi connectivity index (χ0n) is 20.4. The van der Waals surface area contributed by atoms with E-state index in [9.17, 15) is 14.4 Å². The van der Waals surface area contributed by atoms with Crippen molar-refractivity contribution in [3.63, 3.8) is 0 Å². The first-order valence-electron chi connectivity index (χ1n) is 12.4. The summed E-state index contributed by atoms with van der Waals surface area (Å²) in [6, 6.07) is 0. The van der Waals surface area contributed by atoms with Gasteiger partial charge in [-0.15, -0.1) is 0 Å². The maximum Gasteiger partial charge on any atom is 0.307 e. The van der Waals surface area contributed by atoms with E-state index in [1.807, 2.05) is 21.1 Å². The molecule has 0 fully saturated rings. The zero-order chi connectivity index (χ0) is 23.4. The lowest BCUT2D eigenvalue weighted by molar-refractivity contribution is -0.873. The van der Waals surface area contributed by atoms with E-state index in [0.29, 0.717) is 23.9 Å². The topological polar surface area (TPSA) is 80.7 Å². The number of quaternary nitrogens is 1. The summed E-state index contributed by atoms with van der Waals surface area (Å²) >= 11 is 0. The molecule has 0 heterocycles. The van der Waals surface area contributed by atoms with Crippen LogP contribution in [0.3, 0.4) is 0 Å². The minimum atomic E-state index is -0.933. The van der Waals surface area contributed by atoms with Gasteiger partial charge in [0, 0.05) is 12.8 Å². The van der Waals surface area contributed by atoms with Gasteiger partial charge in [-0.25, -0.2) is 0 Å². The molecule has 0 bridgehead atoms. The fourth-order valence-electron chi connectivity index (χ4n) is 3.81. The number of carboxylic acid groups (broad SMARTS) is 1. The highest BCUT2D eigenvalue weighted by Crippen LogP contribution is 2.14. The minimum absolute atomic E-state index is 0.136. The summed E-state index contributed by atoms with van der Waals surface area (Å²) in [6.45, 7) is 0.499. The van der Waals surface area contributed by atoms with Crippen LogP contribution in [0.5, 0.6) is 0 Å². The number of unbranched alkanes of at least 4 members (excludes halogenated alkanes) is 14. The lowest BCUT2D eigenvalue weighted by atomic mass is 10.0. The zero-order valence-corrected chi connectivity index (χ0v) is 20.4. The first kappa shape index (κ1) is 29.6. The van der Waals surface area contributed by atoms with Crippen molar-refractivity contribution in [2.45, 2.75) is 115 Å². The van der Waals surface area contributed by atoms with Crippen LogP contribution in [0, 0.1) is 0 Å². The van der Waals surface area contributed by atoms with Crippen LogP contribution in [-0.2, 0) is 19.1 Å². The smallest absolute Gasteiger partial charge is 0.307 e. The van der Waals surface area contributed by atoms with Gasteiger partial charge in [-0.3, -0.25) is 9.59 Å². The number of hydrogen-bond acceptors (Lipinski definition) is 4. The Morgan fingerprint density at radius 3 is 1.58 bits per heavy atom. The molecule has 1 N–H and O–H groups in total. The van der Waals surface area contributed by atoms with Crippen molar-refractivity contribution < 1.29 is 28.7 Å². The van der Waals surface area contributed by atoms with Gasteiger partial charge >= 0.3 is 11.9 Å². The number of rotatable bonds is 22. The Hall–Kier alpha value is -1.43. The highest BCUT2D eigenvalue weighted by atomic mass is 16.5. The summed E-state index contributed by atoms with van der Waals surface area (Å²) < 4.78 is 5.98. The van der Waals surface area contributed by atoms with E-state index in [4.69, 9.17) is 9.84 Å². The van der Waals surface area contributed by atoms with E-state index < -0.39 is 12.1 Å². The Balaban J connectivity index is 3.54. The fraction of sp³-hybridized carbons (Fsp3) is 0.880. The molecule has 1 atom stereocenters. The molecule has 182 valence electrons. The van der Waals surface area contributed by atoms with Crippen molar-refractivity contribution in [1.82, 2.24) is 0 Å². The molecule has 0 rings (SSSR count). The number of esters is 1. The van der Waals surface area contributed by atoms with E-state index in [-0.39, 0.29) is 12.4 Å². The number of hydrogen-bond donors (Lipinski definition) is 1. The summed E-state index contributed by atoms with van der Waals surface area (Å²) in [6.07, 6.45) is 18.3. The molecule has 31 heavy (non-hydrogen) atoms. The molecule has 0 aromatic rings. The van der Waals surface area contributed by atoms with Gasteiger partial charge in [0.25, 0.3) is 0 Å². The van der Waals surface area contributed by atoms with E-state index in [1.54, 1.807) is 0 Å². The van der Waals surface area contributed by atoms with Crippen molar-refractivity contribution in [3.8, 4) is 0 Å². The predicted octanol–water partition coefficient (Wildman–Crippen LogP) is 5.52. The second-order valence-corrected chi connectivity index (χ2v) is 9.84. The van der Waals surface area contributed by atoms with Gasteiger partial charge in [0.1, 0.15) is 12.8 Å². The van der Waals surface area contributed by atoms with Crippen LogP contribution in [0.2, 0.25) is 0 Å². The highest BCUT2D eigenvalue weighted by Gasteiger charge is 2.24. The minimum Gasteiger partial charge on any atom is -0.481 e. The SMILES string of the molecule is C[N+](C)(C)CC(CC(=O)O)OC(=O)CCCCCCCCCCCCCCCCC=O. The molecule has 0 aliphatic heterocycles. The van der Waals surface area contributed by atoms with E-state index >= 15 is 0 Å². The Morgan fingerprint density at radius 2 is 1.19 bits per heavy atom. The van der Waals surface area contributed by atoms with Crippen molar-refractivity contribution >= 4 is 18.2 Å². The van der Waals surface area contributed by atoms with Crippen molar-refractivity contribution in [1.29, 1.82) is 0 Å². The van der Waals surface area contributed by atoms with Gasteiger partial charge in [-0.2, -0.15) is 0 Å². The maximum absolute atomic E-state index is 12.0. The van der Waals surface area contributed by atoms with E-state index in [0.717, 1.165) is 32.0 Å². The first-order chi connectivity index (χ1) is 14.7. The first-order valence-corrected chi connectivity index (χ1v) is 12.4. The number of carbonyl (C=O) groups is 3. The van der Waals surface area contributed by atoms with Gasteiger partial charge in [-0.05, 0) is 12.8 Å². The fourth-order valence-corrected chi connectivity index (χ4v) is 3.81. The van der Waals surface area contributed by atoms with Crippen molar-refractivity contribution in [2.75, 3.05) is 27.7 Å². The van der Waals surface area contributed by atoms with Gasteiger partial charge in [0.05, 0.1) is 27.6 Å². The van der Waals surface area contributed by atoms with Crippen LogP contribution in [0.4, 0.5) is 0 Å². The average molecular weight is 443 g/mol. The summed E-state index contributed by atoms with van der Waals surface area (Å²) in [7, 11) is 5.88. The Morgan fingerprint density at radius 1 is 0.774 bits per heavy atom. The van der Waals surface area contributed by atoms with E-state index in [1.165, 1.54) is 64.2 Å². The molecule has 0 aliphatic carbocycles. The van der Waals surface area contributed by atoms with Crippen LogP contribution < -0.4 is 0 Å².